The molecule has 2 heteroatoms. The average Bonchev–Trinajstić information content (AvgIpc) is 3.74. The molecule has 2 nitrogen and oxygen atoms in total. The van der Waals surface area contributed by atoms with Gasteiger partial charge in [0.1, 0.15) is 6.17 Å². The minimum Gasteiger partial charge on any atom is -0.359 e. The first-order valence-electron chi connectivity index (χ1n) is 19.9. The predicted octanol–water partition coefficient (Wildman–Crippen LogP) is 13.8. The van der Waals surface area contributed by atoms with E-state index in [2.05, 4.69) is 204 Å². The Morgan fingerprint density at radius 2 is 1.25 bits per heavy atom. The van der Waals surface area contributed by atoms with Crippen molar-refractivity contribution in [3.8, 4) is 22.3 Å². The van der Waals surface area contributed by atoms with Crippen LogP contribution in [0.15, 0.2) is 188 Å². The van der Waals surface area contributed by atoms with Gasteiger partial charge < -0.3 is 10.2 Å². The van der Waals surface area contributed by atoms with Crippen molar-refractivity contribution in [1.29, 1.82) is 0 Å². The number of hydrogen-bond donors (Lipinski definition) is 1. The molecule has 3 atom stereocenters. The Balaban J connectivity index is 1.01. The van der Waals surface area contributed by atoms with Crippen molar-refractivity contribution in [1.82, 2.24) is 0 Å². The Labute approximate surface area is 328 Å². The van der Waals surface area contributed by atoms with Crippen LogP contribution in [-0.2, 0) is 0 Å². The van der Waals surface area contributed by atoms with E-state index in [1.165, 1.54) is 101 Å². The normalized spacial score (nSPS) is 19.4. The van der Waals surface area contributed by atoms with Crippen LogP contribution in [0, 0.1) is 5.92 Å². The molecule has 0 unspecified atom stereocenters. The second-order valence-electron chi connectivity index (χ2n) is 15.6. The molecule has 0 bridgehead atoms. The maximum atomic E-state index is 3.82. The zero-order chi connectivity index (χ0) is 36.7. The zero-order valence-electron chi connectivity index (χ0n) is 30.9. The van der Waals surface area contributed by atoms with Crippen LogP contribution in [0.5, 0.6) is 0 Å². The molecule has 12 rings (SSSR count). The summed E-state index contributed by atoms with van der Waals surface area (Å²) in [5.74, 6) is 0.370. The summed E-state index contributed by atoms with van der Waals surface area (Å²) >= 11 is 0. The van der Waals surface area contributed by atoms with Crippen LogP contribution in [0.2, 0.25) is 0 Å². The lowest BCUT2D eigenvalue weighted by atomic mass is 9.68. The summed E-state index contributed by atoms with van der Waals surface area (Å²) in [4.78, 5) is 2.49. The number of rotatable bonds is 4. The summed E-state index contributed by atoms with van der Waals surface area (Å²) < 4.78 is 0. The van der Waals surface area contributed by atoms with Gasteiger partial charge >= 0.3 is 0 Å². The number of allylic oxidation sites excluding steroid dienone is 7. The third-order valence-corrected chi connectivity index (χ3v) is 12.7. The van der Waals surface area contributed by atoms with E-state index in [-0.39, 0.29) is 18.0 Å². The molecule has 3 aliphatic carbocycles. The quantitative estimate of drug-likeness (QED) is 0.195. The molecule has 2 heterocycles. The van der Waals surface area contributed by atoms with E-state index in [0.717, 1.165) is 6.42 Å². The topological polar surface area (TPSA) is 15.3 Å². The average molecular weight is 715 g/mol. The molecular weight excluding hydrogens is 677 g/mol. The van der Waals surface area contributed by atoms with Crippen LogP contribution >= 0.6 is 0 Å². The van der Waals surface area contributed by atoms with Gasteiger partial charge in [0.2, 0.25) is 0 Å². The van der Waals surface area contributed by atoms with Gasteiger partial charge in [-0.1, -0.05) is 170 Å². The van der Waals surface area contributed by atoms with E-state index in [1.807, 2.05) is 0 Å². The number of anilines is 3. The second-order valence-corrected chi connectivity index (χ2v) is 15.6. The fraction of sp³-hybridized carbons (Fsp3) is 0.0741. The molecule has 2 aliphatic heterocycles. The molecule has 0 fully saturated rings. The first kappa shape index (κ1) is 31.5. The Hall–Kier alpha value is -6.90. The van der Waals surface area contributed by atoms with Crippen LogP contribution in [0.1, 0.15) is 57.4 Å². The fourth-order valence-electron chi connectivity index (χ4n) is 10.3. The monoisotopic (exact) mass is 714 g/mol. The summed E-state index contributed by atoms with van der Waals surface area (Å²) in [5, 5.41) is 3.82. The van der Waals surface area contributed by atoms with Crippen LogP contribution < -0.4 is 10.2 Å². The van der Waals surface area contributed by atoms with Gasteiger partial charge in [0.25, 0.3) is 0 Å². The summed E-state index contributed by atoms with van der Waals surface area (Å²) in [6.07, 6.45) is 10.7. The van der Waals surface area contributed by atoms with Crippen LogP contribution in [0.25, 0.3) is 50.6 Å². The third kappa shape index (κ3) is 4.63. The number of hydrogen-bond acceptors (Lipinski definition) is 2. The van der Waals surface area contributed by atoms with Crippen LogP contribution in [0.4, 0.5) is 17.1 Å². The molecule has 7 aromatic rings. The molecule has 5 aliphatic rings. The van der Waals surface area contributed by atoms with Gasteiger partial charge in [-0.25, -0.2) is 0 Å². The highest BCUT2D eigenvalue weighted by molar-refractivity contribution is 6.13. The standard InChI is InChI=1S/C54H38N2/c1-3-14-35(15-4-1)46-33-45(51(38-16-5-2-6-17-38)53-44-22-8-7-18-37-19-13-23-43(50(37)44)52(46)53)36-28-26-34(27-29-36)39-30-31-41-40-20-9-10-21-42(40)54-55-47-24-11-12-25-48(47)56(54)49(41)32-39/h1-7,9-33,51,53-55H,8H2/t51-,53-,54+/m1/s1. The fourth-order valence-corrected chi connectivity index (χ4v) is 10.3. The van der Waals surface area contributed by atoms with Gasteiger partial charge in [0.05, 0.1) is 17.1 Å². The molecule has 0 saturated heterocycles. The highest BCUT2D eigenvalue weighted by Crippen LogP contribution is 2.62. The maximum Gasteiger partial charge on any atom is 0.131 e. The van der Waals surface area contributed by atoms with E-state index in [9.17, 15) is 0 Å². The molecule has 56 heavy (non-hydrogen) atoms. The van der Waals surface area contributed by atoms with Crippen molar-refractivity contribution >= 4 is 45.4 Å². The summed E-state index contributed by atoms with van der Waals surface area (Å²) in [6.45, 7) is 0. The number of fused-ring (bicyclic) bond motifs is 11. The highest BCUT2D eigenvalue weighted by atomic mass is 15.3. The molecule has 0 saturated carbocycles. The van der Waals surface area contributed by atoms with E-state index < -0.39 is 0 Å². The van der Waals surface area contributed by atoms with E-state index in [1.54, 1.807) is 0 Å². The van der Waals surface area contributed by atoms with E-state index >= 15 is 0 Å². The highest BCUT2D eigenvalue weighted by Gasteiger charge is 2.44. The van der Waals surface area contributed by atoms with Gasteiger partial charge in [0.15, 0.2) is 0 Å². The van der Waals surface area contributed by atoms with Crippen LogP contribution in [-0.4, -0.2) is 0 Å². The van der Waals surface area contributed by atoms with Crippen molar-refractivity contribution < 1.29 is 0 Å². The van der Waals surface area contributed by atoms with Crippen LogP contribution in [0.3, 0.4) is 0 Å². The molecule has 0 amide bonds. The first-order valence-corrected chi connectivity index (χ1v) is 19.9. The molecule has 0 spiro atoms. The number of para-hydroxylation sites is 2. The van der Waals surface area contributed by atoms with Gasteiger partial charge in [-0.2, -0.15) is 0 Å². The van der Waals surface area contributed by atoms with E-state index in [4.69, 9.17) is 0 Å². The summed E-state index contributed by atoms with van der Waals surface area (Å²) in [5.41, 5.74) is 23.6. The van der Waals surface area contributed by atoms with Crippen molar-refractivity contribution in [3.63, 3.8) is 0 Å². The molecule has 1 N–H and O–H groups in total. The third-order valence-electron chi connectivity index (χ3n) is 12.7. The van der Waals surface area contributed by atoms with Gasteiger partial charge in [-0.05, 0) is 103 Å². The lowest BCUT2D eigenvalue weighted by molar-refractivity contribution is 0.764. The van der Waals surface area contributed by atoms with Gasteiger partial charge in [-0.15, -0.1) is 0 Å². The lowest BCUT2D eigenvalue weighted by Crippen LogP contribution is -2.27. The Morgan fingerprint density at radius 1 is 0.518 bits per heavy atom. The molecular formula is C54H38N2. The second kappa shape index (κ2) is 12.3. The predicted molar refractivity (Wildman–Crippen MR) is 234 cm³/mol. The van der Waals surface area contributed by atoms with Gasteiger partial charge in [0, 0.05) is 23.0 Å². The molecule has 264 valence electrons. The Bertz CT molecular complexity index is 2860. The Kier molecular flexibility index (Phi) is 6.91. The molecule has 7 aromatic carbocycles. The number of nitrogens with one attached hydrogen (secondary N) is 1. The largest absolute Gasteiger partial charge is 0.359 e. The van der Waals surface area contributed by atoms with Crippen molar-refractivity contribution in [2.45, 2.75) is 18.5 Å². The minimum absolute atomic E-state index is 0.0656. The zero-order valence-corrected chi connectivity index (χ0v) is 30.9. The van der Waals surface area contributed by atoms with Gasteiger partial charge in [-0.3, -0.25) is 0 Å². The lowest BCUT2D eigenvalue weighted by Gasteiger charge is -2.35. The minimum atomic E-state index is 0.0656. The van der Waals surface area contributed by atoms with Crippen molar-refractivity contribution in [2.75, 3.05) is 10.2 Å². The SMILES string of the molecule is C1=Cc2cccc3c2C(=CC1)[C@H]1C3=C(c2ccccc2)C=C(c2ccc(-c3ccc4c(c3)N3c5ccccc5N[C@@H]3c3ccccc3-4)cc2)[C@H]1c1ccccc1. The Morgan fingerprint density at radius 3 is 2.12 bits per heavy atom. The smallest absolute Gasteiger partial charge is 0.131 e. The first-order chi connectivity index (χ1) is 27.8. The maximum absolute atomic E-state index is 3.82. The van der Waals surface area contributed by atoms with Crippen molar-refractivity contribution in [3.05, 3.63) is 227 Å². The summed E-state index contributed by atoms with van der Waals surface area (Å²) in [7, 11) is 0. The molecule has 0 aromatic heterocycles. The number of benzene rings is 7. The number of nitrogens with zero attached hydrogens (tertiary/aromatic N) is 1. The van der Waals surface area contributed by atoms with E-state index in [0.29, 0.717) is 0 Å². The van der Waals surface area contributed by atoms with Crippen molar-refractivity contribution in [2.24, 2.45) is 5.92 Å². The summed E-state index contributed by atoms with van der Waals surface area (Å²) in [6, 6.07) is 63.1. The molecule has 0 radical (unpaired) electrons.